The van der Waals surface area contributed by atoms with Gasteiger partial charge < -0.3 is 9.64 Å². The van der Waals surface area contributed by atoms with Gasteiger partial charge in [-0.1, -0.05) is 11.3 Å². The van der Waals surface area contributed by atoms with Crippen LogP contribution in [0.15, 0.2) is 48.1 Å². The fraction of sp³-hybridized carbons (Fsp3) is 0.273. The Labute approximate surface area is 176 Å². The number of rotatable bonds is 5. The number of nitrogens with zero attached hydrogens (tertiary/aromatic N) is 4. The fourth-order valence-corrected chi connectivity index (χ4v) is 4.79. The number of hydrogen-bond acceptors (Lipinski definition) is 5. The van der Waals surface area contributed by atoms with E-state index < -0.39 is 5.82 Å². The van der Waals surface area contributed by atoms with Crippen LogP contribution in [-0.2, 0) is 0 Å². The predicted molar refractivity (Wildman–Crippen MR) is 113 cm³/mol. The van der Waals surface area contributed by atoms with E-state index in [1.54, 1.807) is 6.20 Å². The second-order valence-corrected chi connectivity index (χ2v) is 8.03. The van der Waals surface area contributed by atoms with Crippen molar-refractivity contribution in [1.82, 2.24) is 14.4 Å². The van der Waals surface area contributed by atoms with E-state index in [4.69, 9.17) is 4.74 Å². The minimum Gasteiger partial charge on any atom is -0.470 e. The second-order valence-electron chi connectivity index (χ2n) is 7.21. The number of thiazole rings is 1. The third-order valence-electron chi connectivity index (χ3n) is 5.40. The van der Waals surface area contributed by atoms with E-state index in [1.807, 2.05) is 35.0 Å². The summed E-state index contributed by atoms with van der Waals surface area (Å²) in [4.78, 5) is 11.1. The van der Waals surface area contributed by atoms with Crippen LogP contribution in [0, 0.1) is 11.6 Å². The molecule has 1 aliphatic heterocycles. The number of halogens is 2. The summed E-state index contributed by atoms with van der Waals surface area (Å²) in [7, 11) is 0. The molecule has 0 saturated carbocycles. The number of anilines is 1. The zero-order valence-electron chi connectivity index (χ0n) is 16.4. The summed E-state index contributed by atoms with van der Waals surface area (Å²) in [5.74, 6) is -0.789. The molecule has 4 heterocycles. The maximum Gasteiger partial charge on any atom is 0.273 e. The highest BCUT2D eigenvalue weighted by Gasteiger charge is 2.29. The van der Waals surface area contributed by atoms with E-state index in [2.05, 4.69) is 14.9 Å². The first-order valence-corrected chi connectivity index (χ1v) is 10.8. The Morgan fingerprint density at radius 3 is 3.00 bits per heavy atom. The molecule has 1 unspecified atom stereocenters. The van der Waals surface area contributed by atoms with Crippen LogP contribution in [0.25, 0.3) is 17.0 Å². The van der Waals surface area contributed by atoms with Crippen LogP contribution in [0.4, 0.5) is 14.5 Å². The van der Waals surface area contributed by atoms with Gasteiger partial charge in [-0.05, 0) is 50.1 Å². The van der Waals surface area contributed by atoms with Gasteiger partial charge in [0.25, 0.3) is 5.19 Å². The summed E-state index contributed by atoms with van der Waals surface area (Å²) in [6.07, 6.45) is 5.47. The SMILES string of the molecule is CCOc1nc(-c2cnc3ccc(N4CCCC4c4cc(F)ccc4F)cn23)cs1. The molecule has 0 N–H and O–H groups in total. The molecule has 1 saturated heterocycles. The minimum absolute atomic E-state index is 0.200. The van der Waals surface area contributed by atoms with Crippen molar-refractivity contribution in [2.75, 3.05) is 18.1 Å². The van der Waals surface area contributed by atoms with Crippen molar-refractivity contribution in [1.29, 1.82) is 0 Å². The monoisotopic (exact) mass is 426 g/mol. The number of benzene rings is 1. The minimum atomic E-state index is -0.417. The number of ether oxygens (including phenoxy) is 1. The first kappa shape index (κ1) is 19.0. The average Bonchev–Trinajstić information content (AvgIpc) is 3.48. The maximum atomic E-state index is 14.4. The molecule has 0 aliphatic carbocycles. The third kappa shape index (κ3) is 3.31. The molecule has 0 bridgehead atoms. The van der Waals surface area contributed by atoms with Crippen molar-refractivity contribution < 1.29 is 13.5 Å². The molecule has 0 amide bonds. The van der Waals surface area contributed by atoms with Gasteiger partial charge in [0, 0.05) is 23.7 Å². The molecule has 154 valence electrons. The van der Waals surface area contributed by atoms with Crippen LogP contribution in [0.3, 0.4) is 0 Å². The van der Waals surface area contributed by atoms with Gasteiger partial charge in [0.2, 0.25) is 0 Å². The van der Waals surface area contributed by atoms with Crippen LogP contribution < -0.4 is 9.64 Å². The van der Waals surface area contributed by atoms with Gasteiger partial charge in [-0.3, -0.25) is 4.40 Å². The lowest BCUT2D eigenvalue weighted by Crippen LogP contribution is -2.23. The Bertz CT molecular complexity index is 1210. The molecule has 0 spiro atoms. The molecule has 1 aliphatic rings. The van der Waals surface area contributed by atoms with Crippen molar-refractivity contribution in [3.63, 3.8) is 0 Å². The van der Waals surface area contributed by atoms with E-state index in [9.17, 15) is 8.78 Å². The fourth-order valence-electron chi connectivity index (χ4n) is 4.06. The van der Waals surface area contributed by atoms with Gasteiger partial charge >= 0.3 is 0 Å². The zero-order chi connectivity index (χ0) is 20.7. The normalized spacial score (nSPS) is 16.5. The first-order chi connectivity index (χ1) is 14.6. The van der Waals surface area contributed by atoms with Crippen molar-refractivity contribution >= 4 is 22.7 Å². The molecule has 3 aromatic heterocycles. The van der Waals surface area contributed by atoms with Gasteiger partial charge in [-0.15, -0.1) is 0 Å². The van der Waals surface area contributed by atoms with Crippen molar-refractivity contribution in [3.05, 3.63) is 65.3 Å². The number of fused-ring (bicyclic) bond motifs is 1. The number of pyridine rings is 1. The topological polar surface area (TPSA) is 42.7 Å². The van der Waals surface area contributed by atoms with Gasteiger partial charge in [-0.25, -0.2) is 18.7 Å². The molecule has 1 aromatic carbocycles. The largest absolute Gasteiger partial charge is 0.470 e. The lowest BCUT2D eigenvalue weighted by Gasteiger charge is -2.27. The number of aromatic nitrogens is 3. The summed E-state index contributed by atoms with van der Waals surface area (Å²) in [6.45, 7) is 3.27. The van der Waals surface area contributed by atoms with Crippen molar-refractivity contribution in [3.8, 4) is 16.6 Å². The summed E-state index contributed by atoms with van der Waals surface area (Å²) >= 11 is 1.45. The van der Waals surface area contributed by atoms with Gasteiger partial charge in [-0.2, -0.15) is 0 Å². The van der Waals surface area contributed by atoms with Gasteiger partial charge in [0.05, 0.1) is 30.2 Å². The molecular weight excluding hydrogens is 406 g/mol. The average molecular weight is 426 g/mol. The Kier molecular flexibility index (Phi) is 4.86. The van der Waals surface area contributed by atoms with E-state index >= 15 is 0 Å². The Hall–Kier alpha value is -3.00. The lowest BCUT2D eigenvalue weighted by atomic mass is 10.0. The Balaban J connectivity index is 1.53. The van der Waals surface area contributed by atoms with Crippen LogP contribution in [0.2, 0.25) is 0 Å². The van der Waals surface area contributed by atoms with E-state index in [1.165, 1.54) is 23.5 Å². The van der Waals surface area contributed by atoms with Crippen molar-refractivity contribution in [2.45, 2.75) is 25.8 Å². The highest BCUT2D eigenvalue weighted by Crippen LogP contribution is 2.38. The first-order valence-electron chi connectivity index (χ1n) is 9.91. The molecule has 5 nitrogen and oxygen atoms in total. The van der Waals surface area contributed by atoms with E-state index in [-0.39, 0.29) is 11.9 Å². The quantitative estimate of drug-likeness (QED) is 0.424. The number of hydrogen-bond donors (Lipinski definition) is 0. The summed E-state index contributed by atoms with van der Waals surface area (Å²) in [5.41, 5.74) is 3.80. The lowest BCUT2D eigenvalue weighted by molar-refractivity contribution is 0.338. The maximum absolute atomic E-state index is 14.4. The Morgan fingerprint density at radius 2 is 2.13 bits per heavy atom. The summed E-state index contributed by atoms with van der Waals surface area (Å²) in [6, 6.07) is 7.39. The van der Waals surface area contributed by atoms with Crippen LogP contribution >= 0.6 is 11.3 Å². The molecule has 8 heteroatoms. The molecule has 0 radical (unpaired) electrons. The predicted octanol–water partition coefficient (Wildman–Crippen LogP) is 5.48. The highest BCUT2D eigenvalue weighted by molar-refractivity contribution is 7.11. The van der Waals surface area contributed by atoms with Gasteiger partial charge in [0.1, 0.15) is 23.0 Å². The smallest absolute Gasteiger partial charge is 0.273 e. The molecule has 4 aromatic rings. The van der Waals surface area contributed by atoms with Crippen LogP contribution in [-0.4, -0.2) is 27.5 Å². The zero-order valence-corrected chi connectivity index (χ0v) is 17.2. The molecular formula is C22H20F2N4OS. The summed E-state index contributed by atoms with van der Waals surface area (Å²) < 4.78 is 35.7. The van der Waals surface area contributed by atoms with E-state index in [0.29, 0.717) is 17.4 Å². The highest BCUT2D eigenvalue weighted by atomic mass is 32.1. The van der Waals surface area contributed by atoms with E-state index in [0.717, 1.165) is 48.2 Å². The van der Waals surface area contributed by atoms with Crippen LogP contribution in [0.5, 0.6) is 5.19 Å². The molecule has 30 heavy (non-hydrogen) atoms. The van der Waals surface area contributed by atoms with Crippen molar-refractivity contribution in [2.24, 2.45) is 0 Å². The van der Waals surface area contributed by atoms with Crippen LogP contribution in [0.1, 0.15) is 31.4 Å². The molecule has 1 fully saturated rings. The third-order valence-corrected chi connectivity index (χ3v) is 6.16. The molecule has 1 atom stereocenters. The second kappa shape index (κ2) is 7.68. The standard InChI is InChI=1S/C22H20F2N4OS/c1-2-29-22-26-18(13-30-22)20-11-25-21-8-6-15(12-28(20)21)27-9-3-4-19(27)16-10-14(23)5-7-17(16)24/h5-8,10-13,19H,2-4,9H2,1H3. The van der Waals surface area contributed by atoms with Gasteiger partial charge in [0.15, 0.2) is 0 Å². The number of imidazole rings is 1. The molecule has 5 rings (SSSR count). The summed E-state index contributed by atoms with van der Waals surface area (Å²) in [5, 5.41) is 2.57. The Morgan fingerprint density at radius 1 is 1.23 bits per heavy atom.